The van der Waals surface area contributed by atoms with Gasteiger partial charge >= 0.3 is 0 Å². The second-order valence-corrected chi connectivity index (χ2v) is 11.4. The van der Waals surface area contributed by atoms with E-state index in [1.165, 1.54) is 5.56 Å². The van der Waals surface area contributed by atoms with Crippen molar-refractivity contribution < 1.29 is 33.4 Å². The molecule has 4 aromatic carbocycles. The Kier molecular flexibility index (Phi) is 7.97. The summed E-state index contributed by atoms with van der Waals surface area (Å²) >= 11 is 0. The first-order valence-corrected chi connectivity index (χ1v) is 15.4. The van der Waals surface area contributed by atoms with Gasteiger partial charge in [0, 0.05) is 18.1 Å². The summed E-state index contributed by atoms with van der Waals surface area (Å²) < 4.78 is 31.9. The summed E-state index contributed by atoms with van der Waals surface area (Å²) in [5.74, 6) is 3.47. The van der Waals surface area contributed by atoms with Crippen molar-refractivity contribution in [1.82, 2.24) is 0 Å². The van der Waals surface area contributed by atoms with Crippen LogP contribution in [0.2, 0.25) is 0 Å². The standard InChI is InChI=1S/C39H35NO6/c1-4-6-25-8-11-34(41)30(18-25)31-19-26(7-5-2)9-12-35(31)43-16-17-44-39-32-23-40-15-14-28-21-37-38(46-24-45-37)22-29(28)33(40)20-27(32)10-13-36(39)42-3/h4-5,8-13,18-23H,1-2,6-7,14-17,24H2,3H3. The topological polar surface area (TPSA) is 73.1 Å². The molecule has 0 saturated heterocycles. The number of nitrogens with zero attached hydrogens (tertiary/aromatic N) is 1. The lowest BCUT2D eigenvalue weighted by atomic mass is 9.95. The Morgan fingerprint density at radius 2 is 1.52 bits per heavy atom. The van der Waals surface area contributed by atoms with Crippen LogP contribution in [0.5, 0.6) is 34.5 Å². The van der Waals surface area contributed by atoms with E-state index in [9.17, 15) is 5.11 Å². The van der Waals surface area contributed by atoms with E-state index in [0.29, 0.717) is 35.7 Å². The fourth-order valence-electron chi connectivity index (χ4n) is 6.29. The van der Waals surface area contributed by atoms with Gasteiger partial charge in [-0.05, 0) is 76.9 Å². The van der Waals surface area contributed by atoms with Crippen molar-refractivity contribution in [3.05, 3.63) is 115 Å². The van der Waals surface area contributed by atoms with Gasteiger partial charge in [-0.2, -0.15) is 4.57 Å². The summed E-state index contributed by atoms with van der Waals surface area (Å²) in [6.07, 6.45) is 8.07. The Balaban J connectivity index is 1.15. The molecule has 3 heterocycles. The van der Waals surface area contributed by atoms with Gasteiger partial charge in [-0.15, -0.1) is 18.9 Å². The summed E-state index contributed by atoms with van der Waals surface area (Å²) in [6, 6.07) is 21.7. The van der Waals surface area contributed by atoms with E-state index in [0.717, 1.165) is 63.2 Å². The number of benzene rings is 4. The van der Waals surface area contributed by atoms with Crippen molar-refractivity contribution in [3.8, 4) is 56.9 Å². The van der Waals surface area contributed by atoms with E-state index in [2.05, 4.69) is 48.2 Å². The zero-order valence-electron chi connectivity index (χ0n) is 25.8. The fourth-order valence-corrected chi connectivity index (χ4v) is 6.29. The molecular formula is C39H35NO6. The largest absolute Gasteiger partial charge is 0.872 e. The monoisotopic (exact) mass is 613 g/mol. The van der Waals surface area contributed by atoms with Crippen LogP contribution in [-0.4, -0.2) is 27.1 Å². The van der Waals surface area contributed by atoms with E-state index >= 15 is 0 Å². The highest BCUT2D eigenvalue weighted by molar-refractivity contribution is 5.91. The molecule has 0 amide bonds. The van der Waals surface area contributed by atoms with Gasteiger partial charge < -0.3 is 28.8 Å². The molecule has 2 aliphatic heterocycles. The number of allylic oxidation sites excluding steroid dienone is 2. The number of hydrogen-bond acceptors (Lipinski definition) is 6. The molecule has 2 aliphatic rings. The third kappa shape index (κ3) is 5.49. The number of aryl methyl sites for hydroxylation is 2. The van der Waals surface area contributed by atoms with Gasteiger partial charge in [0.2, 0.25) is 12.5 Å². The van der Waals surface area contributed by atoms with E-state index < -0.39 is 0 Å². The molecular weight excluding hydrogens is 578 g/mol. The van der Waals surface area contributed by atoms with Crippen molar-refractivity contribution in [2.45, 2.75) is 25.8 Å². The Hall–Kier alpha value is -5.43. The first-order chi connectivity index (χ1) is 22.6. The molecule has 1 aromatic heterocycles. The molecule has 7 rings (SSSR count). The number of pyridine rings is 1. The lowest BCUT2D eigenvalue weighted by Gasteiger charge is -2.20. The van der Waals surface area contributed by atoms with Crippen molar-refractivity contribution in [2.75, 3.05) is 27.1 Å². The average molecular weight is 614 g/mol. The van der Waals surface area contributed by atoms with Gasteiger partial charge in [-0.3, -0.25) is 0 Å². The first-order valence-electron chi connectivity index (χ1n) is 15.4. The lowest BCUT2D eigenvalue weighted by Crippen LogP contribution is -2.40. The van der Waals surface area contributed by atoms with Gasteiger partial charge in [0.05, 0.1) is 18.1 Å². The summed E-state index contributed by atoms with van der Waals surface area (Å²) in [4.78, 5) is 0. The van der Waals surface area contributed by atoms with Crippen LogP contribution in [0.3, 0.4) is 0 Å². The molecule has 232 valence electrons. The SMILES string of the molecule is C=CCc1ccc([O-])c(-c2cc(CC=C)ccc2OCCOc2c(OC)ccc3cc4[n+](cc23)CCc2cc3c(cc2-4)OCO3)c1. The lowest BCUT2D eigenvalue weighted by molar-refractivity contribution is -0.686. The summed E-state index contributed by atoms with van der Waals surface area (Å²) in [5.41, 5.74) is 6.94. The smallest absolute Gasteiger partial charge is 0.231 e. The molecule has 0 saturated carbocycles. The zero-order valence-corrected chi connectivity index (χ0v) is 25.8. The number of rotatable bonds is 11. The number of ether oxygens (including phenoxy) is 5. The van der Waals surface area contributed by atoms with Gasteiger partial charge in [0.15, 0.2) is 35.7 Å². The van der Waals surface area contributed by atoms with Crippen LogP contribution < -0.4 is 33.4 Å². The predicted octanol–water partition coefficient (Wildman–Crippen LogP) is 6.74. The number of methoxy groups -OCH3 is 1. The summed E-state index contributed by atoms with van der Waals surface area (Å²) in [6.45, 7) is 9.34. The third-order valence-corrected chi connectivity index (χ3v) is 8.52. The Bertz CT molecular complexity index is 1980. The van der Waals surface area contributed by atoms with Crippen LogP contribution in [-0.2, 0) is 25.8 Å². The van der Waals surface area contributed by atoms with E-state index in [-0.39, 0.29) is 25.8 Å². The molecule has 7 nitrogen and oxygen atoms in total. The summed E-state index contributed by atoms with van der Waals surface area (Å²) in [5, 5.41) is 15.0. The van der Waals surface area contributed by atoms with Crippen LogP contribution >= 0.6 is 0 Å². The van der Waals surface area contributed by atoms with Gasteiger partial charge in [0.25, 0.3) is 0 Å². The molecule has 0 unspecified atom stereocenters. The Labute approximate surface area is 268 Å². The van der Waals surface area contributed by atoms with Crippen molar-refractivity contribution in [1.29, 1.82) is 0 Å². The maximum absolute atomic E-state index is 13.0. The predicted molar refractivity (Wildman–Crippen MR) is 176 cm³/mol. The maximum atomic E-state index is 13.0. The van der Waals surface area contributed by atoms with E-state index in [1.807, 2.05) is 48.6 Å². The number of aromatic nitrogens is 1. The van der Waals surface area contributed by atoms with Crippen LogP contribution in [0.4, 0.5) is 0 Å². The van der Waals surface area contributed by atoms with Gasteiger partial charge in [-0.25, -0.2) is 0 Å². The molecule has 0 bridgehead atoms. The quantitative estimate of drug-likeness (QED) is 0.0933. The van der Waals surface area contributed by atoms with Crippen LogP contribution in [0, 0.1) is 0 Å². The van der Waals surface area contributed by atoms with Crippen LogP contribution in [0.25, 0.3) is 33.2 Å². The molecule has 0 fully saturated rings. The van der Waals surface area contributed by atoms with Gasteiger partial charge in [0.1, 0.15) is 19.0 Å². The molecule has 0 radical (unpaired) electrons. The second-order valence-electron chi connectivity index (χ2n) is 11.4. The molecule has 0 spiro atoms. The third-order valence-electron chi connectivity index (χ3n) is 8.52. The summed E-state index contributed by atoms with van der Waals surface area (Å²) in [7, 11) is 1.65. The molecule has 0 aliphatic carbocycles. The highest BCUT2D eigenvalue weighted by Gasteiger charge is 2.28. The van der Waals surface area contributed by atoms with E-state index in [4.69, 9.17) is 23.7 Å². The van der Waals surface area contributed by atoms with Crippen LogP contribution in [0.15, 0.2) is 98.2 Å². The van der Waals surface area contributed by atoms with Gasteiger partial charge in [-0.1, -0.05) is 36.4 Å². The molecule has 46 heavy (non-hydrogen) atoms. The molecule has 5 aromatic rings. The van der Waals surface area contributed by atoms with Crippen LogP contribution in [0.1, 0.15) is 16.7 Å². The number of fused-ring (bicyclic) bond motifs is 5. The molecule has 7 heteroatoms. The van der Waals surface area contributed by atoms with Crippen molar-refractivity contribution in [3.63, 3.8) is 0 Å². The maximum Gasteiger partial charge on any atom is 0.231 e. The normalized spacial score (nSPS) is 12.7. The van der Waals surface area contributed by atoms with Crippen molar-refractivity contribution in [2.24, 2.45) is 0 Å². The molecule has 0 N–H and O–H groups in total. The number of hydrogen-bond donors (Lipinski definition) is 0. The first kappa shape index (κ1) is 29.3. The van der Waals surface area contributed by atoms with E-state index in [1.54, 1.807) is 13.2 Å². The Morgan fingerprint density at radius 1 is 0.804 bits per heavy atom. The molecule has 0 atom stereocenters. The average Bonchev–Trinajstić information content (AvgIpc) is 3.54. The Morgan fingerprint density at radius 3 is 2.30 bits per heavy atom. The fraction of sp³-hybridized carbons (Fsp3) is 0.205. The minimum Gasteiger partial charge on any atom is -0.872 e. The minimum atomic E-state index is -0.0566. The van der Waals surface area contributed by atoms with Crippen molar-refractivity contribution >= 4 is 10.8 Å². The highest BCUT2D eigenvalue weighted by Crippen LogP contribution is 2.42. The highest BCUT2D eigenvalue weighted by atomic mass is 16.7. The minimum absolute atomic E-state index is 0.0566. The zero-order chi connectivity index (χ0) is 31.6. The second kappa shape index (κ2) is 12.5.